The van der Waals surface area contributed by atoms with Gasteiger partial charge in [-0.1, -0.05) is 38.7 Å². The van der Waals surface area contributed by atoms with E-state index in [-0.39, 0.29) is 12.5 Å². The third kappa shape index (κ3) is 9.70. The zero-order valence-corrected chi connectivity index (χ0v) is 16.8. The van der Waals surface area contributed by atoms with Crippen LogP contribution in [0.5, 0.6) is 0 Å². The molecule has 27 heavy (non-hydrogen) atoms. The number of nitrogens with zero attached hydrogens (tertiary/aromatic N) is 2. The summed E-state index contributed by atoms with van der Waals surface area (Å²) < 4.78 is 0. The molecule has 0 aromatic rings. The van der Waals surface area contributed by atoms with Gasteiger partial charge in [0.25, 0.3) is 0 Å². The molecule has 0 saturated carbocycles. The van der Waals surface area contributed by atoms with Crippen molar-refractivity contribution in [2.45, 2.75) is 63.7 Å². The van der Waals surface area contributed by atoms with Gasteiger partial charge in [0.2, 0.25) is 0 Å². The molecule has 152 valence electrons. The van der Waals surface area contributed by atoms with Crippen molar-refractivity contribution >= 4 is 6.21 Å². The van der Waals surface area contributed by atoms with E-state index in [0.717, 1.165) is 31.5 Å². The van der Waals surface area contributed by atoms with Gasteiger partial charge in [0.15, 0.2) is 6.29 Å². The number of aliphatic hydroxyl groups excluding tert-OH is 1. The lowest BCUT2D eigenvalue weighted by molar-refractivity contribution is -0.0473. The van der Waals surface area contributed by atoms with Crippen molar-refractivity contribution in [1.29, 1.82) is 0 Å². The normalized spacial score (nSPS) is 18.4. The van der Waals surface area contributed by atoms with Crippen LogP contribution in [0.15, 0.2) is 54.5 Å². The van der Waals surface area contributed by atoms with E-state index in [0.29, 0.717) is 5.92 Å². The summed E-state index contributed by atoms with van der Waals surface area (Å²) in [7, 11) is 2.07. The van der Waals surface area contributed by atoms with Crippen LogP contribution in [0.3, 0.4) is 0 Å². The fraction of sp³-hybridized carbons (Fsp3) is 0.591. The highest BCUT2D eigenvalue weighted by Crippen LogP contribution is 2.29. The van der Waals surface area contributed by atoms with Crippen LogP contribution in [0.2, 0.25) is 0 Å². The Morgan fingerprint density at radius 2 is 2.15 bits per heavy atom. The van der Waals surface area contributed by atoms with E-state index in [9.17, 15) is 0 Å². The van der Waals surface area contributed by atoms with E-state index in [1.54, 1.807) is 12.3 Å². The van der Waals surface area contributed by atoms with Gasteiger partial charge in [0.05, 0.1) is 0 Å². The largest absolute Gasteiger partial charge is 0.368 e. The molecule has 0 heterocycles. The molecule has 5 heteroatoms. The van der Waals surface area contributed by atoms with E-state index in [1.807, 2.05) is 0 Å². The molecule has 0 fully saturated rings. The van der Waals surface area contributed by atoms with Gasteiger partial charge in [-0.15, -0.1) is 0 Å². The second-order valence-electron chi connectivity index (χ2n) is 7.17. The average Bonchev–Trinajstić information content (AvgIpc) is 2.67. The smallest absolute Gasteiger partial charge is 0.153 e. The highest BCUT2D eigenvalue weighted by molar-refractivity contribution is 5.65. The maximum Gasteiger partial charge on any atom is 0.153 e. The number of likely N-dealkylation sites (N-methyl/N-ethyl adjacent to an activating group) is 1. The van der Waals surface area contributed by atoms with Gasteiger partial charge in [-0.3, -0.25) is 4.99 Å². The Kier molecular flexibility index (Phi) is 11.7. The number of hydrogen-bond acceptors (Lipinski definition) is 5. The molecule has 1 aliphatic carbocycles. The number of aliphatic hydroxyl groups is 2. The molecule has 0 aromatic heterocycles. The molecule has 0 bridgehead atoms. The first-order valence-corrected chi connectivity index (χ1v) is 9.97. The van der Waals surface area contributed by atoms with E-state index in [2.05, 4.69) is 48.1 Å². The van der Waals surface area contributed by atoms with E-state index < -0.39 is 6.29 Å². The summed E-state index contributed by atoms with van der Waals surface area (Å²) in [6.07, 6.45) is 14.5. The Hall–Kier alpha value is -1.69. The SMILES string of the molecule is C=C/N=C\C(CC(O)O)NCCCCCC1C=C(N(C)C(=C)C=C)CCC1. The first-order valence-electron chi connectivity index (χ1n) is 9.97. The molecule has 0 aromatic carbocycles. The fourth-order valence-corrected chi connectivity index (χ4v) is 3.40. The summed E-state index contributed by atoms with van der Waals surface area (Å²) >= 11 is 0. The quantitative estimate of drug-likeness (QED) is 0.187. The van der Waals surface area contributed by atoms with Crippen molar-refractivity contribution < 1.29 is 10.2 Å². The van der Waals surface area contributed by atoms with Crippen LogP contribution in [-0.2, 0) is 0 Å². The number of aliphatic imine (C=N–C) groups is 1. The molecule has 3 N–H and O–H groups in total. The molecule has 1 rings (SSSR count). The molecule has 0 amide bonds. The Labute approximate surface area is 164 Å². The summed E-state index contributed by atoms with van der Waals surface area (Å²) in [5.74, 6) is 0.652. The summed E-state index contributed by atoms with van der Waals surface area (Å²) in [5.41, 5.74) is 2.32. The van der Waals surface area contributed by atoms with Gasteiger partial charge in [-0.25, -0.2) is 0 Å². The minimum Gasteiger partial charge on any atom is -0.368 e. The van der Waals surface area contributed by atoms with Crippen molar-refractivity contribution in [2.75, 3.05) is 13.6 Å². The summed E-state index contributed by atoms with van der Waals surface area (Å²) in [5, 5.41) is 21.6. The highest BCUT2D eigenvalue weighted by atomic mass is 16.5. The number of rotatable bonds is 14. The molecule has 0 saturated heterocycles. The lowest BCUT2D eigenvalue weighted by Gasteiger charge is -2.29. The first kappa shape index (κ1) is 23.3. The molecule has 0 aliphatic heterocycles. The van der Waals surface area contributed by atoms with Crippen molar-refractivity contribution in [3.05, 3.63) is 49.5 Å². The van der Waals surface area contributed by atoms with Crippen LogP contribution in [0.4, 0.5) is 0 Å². The Balaban J connectivity index is 2.28. The molecule has 5 nitrogen and oxygen atoms in total. The zero-order chi connectivity index (χ0) is 20.1. The summed E-state index contributed by atoms with van der Waals surface area (Å²) in [4.78, 5) is 6.13. The van der Waals surface area contributed by atoms with E-state index in [4.69, 9.17) is 10.2 Å². The fourth-order valence-electron chi connectivity index (χ4n) is 3.40. The van der Waals surface area contributed by atoms with Gasteiger partial charge in [-0.05, 0) is 50.6 Å². The van der Waals surface area contributed by atoms with Gasteiger partial charge >= 0.3 is 0 Å². The van der Waals surface area contributed by atoms with Crippen LogP contribution in [-0.4, -0.2) is 47.3 Å². The summed E-state index contributed by atoms with van der Waals surface area (Å²) in [6, 6.07) is -0.139. The van der Waals surface area contributed by atoms with Gasteiger partial charge in [0.1, 0.15) is 0 Å². The van der Waals surface area contributed by atoms with Crippen LogP contribution in [0, 0.1) is 5.92 Å². The van der Waals surface area contributed by atoms with Crippen LogP contribution in [0.25, 0.3) is 0 Å². The van der Waals surface area contributed by atoms with Gasteiger partial charge in [0, 0.05) is 43.3 Å². The second kappa shape index (κ2) is 13.5. The standard InChI is InChI=1S/C22H37N3O2/c1-5-18(3)25(4)21-13-10-12-19(15-21)11-8-7-9-14-24-20(16-22(26)27)17-23-6-2/h5-6,15,17,19-20,22,24,26-27H,1-3,7-14,16H2,4H3/b23-17-. The van der Waals surface area contributed by atoms with Crippen LogP contribution in [0.1, 0.15) is 51.4 Å². The van der Waals surface area contributed by atoms with Crippen molar-refractivity contribution in [3.8, 4) is 0 Å². The Bertz CT molecular complexity index is 526. The van der Waals surface area contributed by atoms with Gasteiger partial charge in [-0.2, -0.15) is 0 Å². The predicted molar refractivity (Wildman–Crippen MR) is 114 cm³/mol. The van der Waals surface area contributed by atoms with Gasteiger partial charge < -0.3 is 20.4 Å². The number of hydrogen-bond donors (Lipinski definition) is 3. The highest BCUT2D eigenvalue weighted by Gasteiger charge is 2.16. The monoisotopic (exact) mass is 375 g/mol. The average molecular weight is 376 g/mol. The first-order chi connectivity index (χ1) is 13.0. The third-order valence-electron chi connectivity index (χ3n) is 5.03. The minimum absolute atomic E-state index is 0.139. The maximum absolute atomic E-state index is 9.13. The second-order valence-corrected chi connectivity index (χ2v) is 7.17. The van der Waals surface area contributed by atoms with Crippen LogP contribution >= 0.6 is 0 Å². The lowest BCUT2D eigenvalue weighted by Crippen LogP contribution is -2.34. The summed E-state index contributed by atoms with van der Waals surface area (Å²) in [6.45, 7) is 12.2. The Morgan fingerprint density at radius 1 is 1.37 bits per heavy atom. The molecular weight excluding hydrogens is 338 g/mol. The van der Waals surface area contributed by atoms with E-state index in [1.165, 1.54) is 37.6 Å². The van der Waals surface area contributed by atoms with E-state index >= 15 is 0 Å². The molecular formula is C22H37N3O2. The minimum atomic E-state index is -1.33. The number of nitrogens with one attached hydrogen (secondary N) is 1. The number of allylic oxidation sites excluding steroid dienone is 3. The molecule has 0 radical (unpaired) electrons. The molecule has 0 spiro atoms. The predicted octanol–water partition coefficient (Wildman–Crippen LogP) is 3.74. The van der Waals surface area contributed by atoms with Crippen molar-refractivity contribution in [2.24, 2.45) is 10.9 Å². The topological polar surface area (TPSA) is 68.1 Å². The van der Waals surface area contributed by atoms with Crippen molar-refractivity contribution in [3.63, 3.8) is 0 Å². The lowest BCUT2D eigenvalue weighted by atomic mass is 9.89. The van der Waals surface area contributed by atoms with Crippen LogP contribution < -0.4 is 5.32 Å². The third-order valence-corrected chi connectivity index (χ3v) is 5.03. The molecule has 2 atom stereocenters. The molecule has 1 aliphatic rings. The number of unbranched alkanes of at least 4 members (excludes halogenated alkanes) is 2. The van der Waals surface area contributed by atoms with Crippen molar-refractivity contribution in [1.82, 2.24) is 10.2 Å². The Morgan fingerprint density at radius 3 is 2.81 bits per heavy atom. The zero-order valence-electron chi connectivity index (χ0n) is 16.8. The maximum atomic E-state index is 9.13. The molecule has 2 unspecified atom stereocenters.